The van der Waals surface area contributed by atoms with Crippen LogP contribution in [0.15, 0.2) is 24.4 Å². The van der Waals surface area contributed by atoms with Gasteiger partial charge in [0.15, 0.2) is 0 Å². The maximum absolute atomic E-state index is 12.3. The number of aryl methyl sites for hydroxylation is 2. The van der Waals surface area contributed by atoms with Gasteiger partial charge in [0.05, 0.1) is 11.3 Å². The standard InChI is InChI=1S/C15H18N4O2.ClH/c1-10-13(9-19(2)18-10)15(20)17-12-3-4-14-11(7-12)8-16-5-6-21-14;/h3-4,7,9,16H,5-6,8H2,1-2H3,(H,17,20);1H. The maximum Gasteiger partial charge on any atom is 0.259 e. The predicted octanol–water partition coefficient (Wildman–Crippen LogP) is 1.88. The summed E-state index contributed by atoms with van der Waals surface area (Å²) in [6, 6.07) is 5.69. The largest absolute Gasteiger partial charge is 0.492 e. The van der Waals surface area contributed by atoms with Gasteiger partial charge in [0.2, 0.25) is 0 Å². The van der Waals surface area contributed by atoms with Gasteiger partial charge >= 0.3 is 0 Å². The molecule has 1 aliphatic rings. The van der Waals surface area contributed by atoms with Gasteiger partial charge in [-0.25, -0.2) is 0 Å². The lowest BCUT2D eigenvalue weighted by molar-refractivity contribution is 0.102. The van der Waals surface area contributed by atoms with Gasteiger partial charge in [-0.2, -0.15) is 5.10 Å². The van der Waals surface area contributed by atoms with E-state index in [4.69, 9.17) is 4.74 Å². The summed E-state index contributed by atoms with van der Waals surface area (Å²) < 4.78 is 7.26. The van der Waals surface area contributed by atoms with E-state index in [1.54, 1.807) is 17.9 Å². The topological polar surface area (TPSA) is 68.2 Å². The van der Waals surface area contributed by atoms with Gasteiger partial charge < -0.3 is 15.4 Å². The number of carbonyl (C=O) groups is 1. The number of hydrogen-bond acceptors (Lipinski definition) is 4. The van der Waals surface area contributed by atoms with Gasteiger partial charge in [0, 0.05) is 37.6 Å². The molecule has 2 N–H and O–H groups in total. The minimum atomic E-state index is -0.150. The molecule has 0 aliphatic carbocycles. The molecule has 0 saturated carbocycles. The zero-order valence-electron chi connectivity index (χ0n) is 12.5. The minimum Gasteiger partial charge on any atom is -0.492 e. The van der Waals surface area contributed by atoms with Crippen molar-refractivity contribution in [2.24, 2.45) is 7.05 Å². The molecule has 2 aromatic rings. The molecule has 0 spiro atoms. The molecule has 1 amide bonds. The van der Waals surface area contributed by atoms with E-state index < -0.39 is 0 Å². The summed E-state index contributed by atoms with van der Waals surface area (Å²) in [7, 11) is 1.80. The molecule has 22 heavy (non-hydrogen) atoms. The zero-order valence-corrected chi connectivity index (χ0v) is 13.4. The fourth-order valence-corrected chi connectivity index (χ4v) is 2.41. The Morgan fingerprint density at radius 3 is 3.00 bits per heavy atom. The van der Waals surface area contributed by atoms with Crippen LogP contribution in [0, 0.1) is 6.92 Å². The molecule has 1 aromatic carbocycles. The lowest BCUT2D eigenvalue weighted by Gasteiger charge is -2.10. The number of nitrogens with one attached hydrogen (secondary N) is 2. The number of amides is 1. The first-order valence-corrected chi connectivity index (χ1v) is 6.91. The summed E-state index contributed by atoms with van der Waals surface area (Å²) in [5.74, 6) is 0.721. The highest BCUT2D eigenvalue weighted by Gasteiger charge is 2.14. The first kappa shape index (κ1) is 16.3. The highest BCUT2D eigenvalue weighted by atomic mass is 35.5. The maximum atomic E-state index is 12.3. The summed E-state index contributed by atoms with van der Waals surface area (Å²) in [6.07, 6.45) is 1.72. The van der Waals surface area contributed by atoms with Gasteiger partial charge in [-0.3, -0.25) is 9.48 Å². The van der Waals surface area contributed by atoms with Crippen molar-refractivity contribution in [3.05, 3.63) is 41.2 Å². The second kappa shape index (κ2) is 6.81. The molecule has 0 radical (unpaired) electrons. The average molecular weight is 323 g/mol. The summed E-state index contributed by atoms with van der Waals surface area (Å²) in [5.41, 5.74) is 3.11. The van der Waals surface area contributed by atoms with Crippen LogP contribution in [0.5, 0.6) is 5.75 Å². The third kappa shape index (κ3) is 3.40. The quantitative estimate of drug-likeness (QED) is 0.886. The zero-order chi connectivity index (χ0) is 14.8. The Morgan fingerprint density at radius 1 is 1.45 bits per heavy atom. The Hall–Kier alpha value is -2.05. The monoisotopic (exact) mass is 322 g/mol. The molecule has 2 heterocycles. The summed E-state index contributed by atoms with van der Waals surface area (Å²) in [4.78, 5) is 12.3. The molecular formula is C15H19ClN4O2. The van der Waals surface area contributed by atoms with Crippen LogP contribution in [0.4, 0.5) is 5.69 Å². The Kier molecular flexibility index (Phi) is 5.05. The van der Waals surface area contributed by atoms with Crippen molar-refractivity contribution in [3.63, 3.8) is 0 Å². The Bertz CT molecular complexity index is 684. The fourth-order valence-electron chi connectivity index (χ4n) is 2.41. The molecule has 3 rings (SSSR count). The van der Waals surface area contributed by atoms with Gasteiger partial charge in [-0.1, -0.05) is 0 Å². The third-order valence-electron chi connectivity index (χ3n) is 3.43. The number of fused-ring (bicyclic) bond motifs is 1. The molecular weight excluding hydrogens is 304 g/mol. The molecule has 6 nitrogen and oxygen atoms in total. The van der Waals surface area contributed by atoms with E-state index in [9.17, 15) is 4.79 Å². The van der Waals surface area contributed by atoms with Crippen LogP contribution in [0.2, 0.25) is 0 Å². The molecule has 1 aromatic heterocycles. The highest BCUT2D eigenvalue weighted by Crippen LogP contribution is 2.24. The molecule has 0 unspecified atom stereocenters. The third-order valence-corrected chi connectivity index (χ3v) is 3.43. The van der Waals surface area contributed by atoms with Crippen molar-refractivity contribution in [1.82, 2.24) is 15.1 Å². The van der Waals surface area contributed by atoms with Crippen molar-refractivity contribution < 1.29 is 9.53 Å². The van der Waals surface area contributed by atoms with E-state index >= 15 is 0 Å². The second-order valence-corrected chi connectivity index (χ2v) is 5.10. The van der Waals surface area contributed by atoms with E-state index in [2.05, 4.69) is 15.7 Å². The van der Waals surface area contributed by atoms with Crippen LogP contribution >= 0.6 is 12.4 Å². The lowest BCUT2D eigenvalue weighted by Crippen LogP contribution is -2.16. The van der Waals surface area contributed by atoms with Crippen molar-refractivity contribution in [2.75, 3.05) is 18.5 Å². The van der Waals surface area contributed by atoms with Crippen molar-refractivity contribution >= 4 is 24.0 Å². The number of benzene rings is 1. The molecule has 7 heteroatoms. The van der Waals surface area contributed by atoms with E-state index in [0.29, 0.717) is 12.2 Å². The normalized spacial score (nSPS) is 13.4. The lowest BCUT2D eigenvalue weighted by atomic mass is 10.1. The van der Waals surface area contributed by atoms with E-state index in [1.807, 2.05) is 25.1 Å². The van der Waals surface area contributed by atoms with Crippen molar-refractivity contribution in [2.45, 2.75) is 13.5 Å². The summed E-state index contributed by atoms with van der Waals surface area (Å²) >= 11 is 0. The molecule has 0 bridgehead atoms. The number of rotatable bonds is 2. The van der Waals surface area contributed by atoms with E-state index in [1.165, 1.54) is 0 Å². The molecule has 0 fully saturated rings. The van der Waals surface area contributed by atoms with Gasteiger partial charge in [0.25, 0.3) is 5.91 Å². The SMILES string of the molecule is Cc1nn(C)cc1C(=O)Nc1ccc2c(c1)CNCCO2.Cl. The number of aromatic nitrogens is 2. The number of ether oxygens (including phenoxy) is 1. The van der Waals surface area contributed by atoms with E-state index in [-0.39, 0.29) is 18.3 Å². The molecule has 118 valence electrons. The van der Waals surface area contributed by atoms with E-state index in [0.717, 1.165) is 35.8 Å². The highest BCUT2D eigenvalue weighted by molar-refractivity contribution is 6.04. The number of anilines is 1. The minimum absolute atomic E-state index is 0. The van der Waals surface area contributed by atoms with Crippen LogP contribution in [0.1, 0.15) is 21.6 Å². The van der Waals surface area contributed by atoms with Gasteiger partial charge in [-0.15, -0.1) is 12.4 Å². The number of hydrogen-bond donors (Lipinski definition) is 2. The second-order valence-electron chi connectivity index (χ2n) is 5.10. The van der Waals surface area contributed by atoms with Crippen LogP contribution in [0.3, 0.4) is 0 Å². The van der Waals surface area contributed by atoms with Crippen LogP contribution in [-0.2, 0) is 13.6 Å². The van der Waals surface area contributed by atoms with Crippen LogP contribution < -0.4 is 15.4 Å². The Morgan fingerprint density at radius 2 is 2.27 bits per heavy atom. The summed E-state index contributed by atoms with van der Waals surface area (Å²) in [6.45, 7) is 4.05. The average Bonchev–Trinajstić information content (AvgIpc) is 2.66. The molecule has 0 atom stereocenters. The number of carbonyl (C=O) groups excluding carboxylic acids is 1. The van der Waals surface area contributed by atoms with Crippen LogP contribution in [-0.4, -0.2) is 28.8 Å². The Balaban J connectivity index is 0.00000176. The first-order valence-electron chi connectivity index (χ1n) is 6.91. The fraction of sp³-hybridized carbons (Fsp3) is 0.333. The predicted molar refractivity (Wildman–Crippen MR) is 86.8 cm³/mol. The summed E-state index contributed by atoms with van der Waals surface area (Å²) in [5, 5.41) is 10.4. The number of nitrogens with zero attached hydrogens (tertiary/aromatic N) is 2. The van der Waals surface area contributed by atoms with Gasteiger partial charge in [-0.05, 0) is 25.1 Å². The van der Waals surface area contributed by atoms with Crippen LogP contribution in [0.25, 0.3) is 0 Å². The van der Waals surface area contributed by atoms with Gasteiger partial charge in [0.1, 0.15) is 12.4 Å². The number of halogens is 1. The molecule has 0 saturated heterocycles. The Labute approximate surface area is 135 Å². The molecule has 1 aliphatic heterocycles. The smallest absolute Gasteiger partial charge is 0.259 e. The first-order chi connectivity index (χ1) is 10.1. The van der Waals surface area contributed by atoms with Crippen molar-refractivity contribution in [1.29, 1.82) is 0 Å². The van der Waals surface area contributed by atoms with Crippen molar-refractivity contribution in [3.8, 4) is 5.75 Å².